The molecule has 8 nitrogen and oxygen atoms in total. The number of benzene rings is 3. The number of nitrogens with zero attached hydrogens (tertiary/aromatic N) is 2. The fraction of sp³-hybridized carbons (Fsp3) is 0.300. The van der Waals surface area contributed by atoms with Crippen LogP contribution in [0.25, 0.3) is 0 Å². The average molecular weight is 515 g/mol. The Labute approximate surface area is 223 Å². The SMILES string of the molecule is CCOc1cc2c(cc1OCC)C(C(=Nc1ccc(N(C)C(=O)CCNC)cc1)c1ccccc1)C(=O)N2. The minimum Gasteiger partial charge on any atom is -0.490 e. The number of rotatable bonds is 11. The zero-order valence-electron chi connectivity index (χ0n) is 22.3. The van der Waals surface area contributed by atoms with Crippen LogP contribution in [0.3, 0.4) is 0 Å². The molecule has 0 aliphatic carbocycles. The summed E-state index contributed by atoms with van der Waals surface area (Å²) in [4.78, 5) is 32.4. The predicted molar refractivity (Wildman–Crippen MR) is 151 cm³/mol. The molecule has 3 aromatic rings. The molecule has 1 aliphatic rings. The van der Waals surface area contributed by atoms with Crippen LogP contribution in [0.4, 0.5) is 17.1 Å². The van der Waals surface area contributed by atoms with Gasteiger partial charge in [-0.05, 0) is 62.4 Å². The zero-order chi connectivity index (χ0) is 27.1. The molecule has 8 heteroatoms. The second-order valence-electron chi connectivity index (χ2n) is 8.86. The van der Waals surface area contributed by atoms with Crippen LogP contribution in [0.15, 0.2) is 71.7 Å². The van der Waals surface area contributed by atoms with Gasteiger partial charge in [0.2, 0.25) is 11.8 Å². The Morgan fingerprint density at radius 2 is 1.66 bits per heavy atom. The lowest BCUT2D eigenvalue weighted by molar-refractivity contribution is -0.118. The summed E-state index contributed by atoms with van der Waals surface area (Å²) < 4.78 is 11.6. The summed E-state index contributed by atoms with van der Waals surface area (Å²) in [6.45, 7) is 5.40. The van der Waals surface area contributed by atoms with Crippen LogP contribution in [0.1, 0.15) is 37.3 Å². The smallest absolute Gasteiger partial charge is 0.238 e. The summed E-state index contributed by atoms with van der Waals surface area (Å²) in [6.07, 6.45) is 0.413. The van der Waals surface area contributed by atoms with E-state index < -0.39 is 5.92 Å². The van der Waals surface area contributed by atoms with Gasteiger partial charge in [-0.3, -0.25) is 14.6 Å². The molecule has 0 radical (unpaired) electrons. The molecule has 0 bridgehead atoms. The summed E-state index contributed by atoms with van der Waals surface area (Å²) in [5.74, 6) is 0.419. The van der Waals surface area contributed by atoms with Crippen molar-refractivity contribution in [3.63, 3.8) is 0 Å². The molecule has 4 rings (SSSR count). The van der Waals surface area contributed by atoms with Crippen molar-refractivity contribution >= 4 is 34.6 Å². The van der Waals surface area contributed by atoms with E-state index in [0.29, 0.717) is 54.8 Å². The summed E-state index contributed by atoms with van der Waals surface area (Å²) >= 11 is 0. The Morgan fingerprint density at radius 3 is 2.29 bits per heavy atom. The van der Waals surface area contributed by atoms with Crippen LogP contribution in [-0.4, -0.2) is 51.4 Å². The maximum absolute atomic E-state index is 13.4. The number of ether oxygens (including phenoxy) is 2. The predicted octanol–water partition coefficient (Wildman–Crippen LogP) is 4.91. The molecule has 2 amide bonds. The molecule has 1 atom stereocenters. The minimum atomic E-state index is -0.632. The Hall–Kier alpha value is -4.17. The van der Waals surface area contributed by atoms with E-state index in [2.05, 4.69) is 10.6 Å². The monoisotopic (exact) mass is 514 g/mol. The van der Waals surface area contributed by atoms with Gasteiger partial charge in [0.15, 0.2) is 11.5 Å². The Morgan fingerprint density at radius 1 is 1.00 bits per heavy atom. The lowest BCUT2D eigenvalue weighted by Gasteiger charge is -2.18. The van der Waals surface area contributed by atoms with Gasteiger partial charge in [0.1, 0.15) is 5.92 Å². The number of anilines is 2. The highest BCUT2D eigenvalue weighted by Crippen LogP contribution is 2.43. The molecule has 0 aromatic heterocycles. The molecule has 0 saturated carbocycles. The lowest BCUT2D eigenvalue weighted by Crippen LogP contribution is -2.28. The van der Waals surface area contributed by atoms with Crippen molar-refractivity contribution in [3.05, 3.63) is 77.9 Å². The van der Waals surface area contributed by atoms with Gasteiger partial charge in [-0.25, -0.2) is 0 Å². The van der Waals surface area contributed by atoms with Crippen molar-refractivity contribution in [2.75, 3.05) is 44.1 Å². The highest BCUT2D eigenvalue weighted by Gasteiger charge is 2.37. The summed E-state index contributed by atoms with van der Waals surface area (Å²) in [6, 6.07) is 20.8. The van der Waals surface area contributed by atoms with Gasteiger partial charge in [-0.1, -0.05) is 30.3 Å². The number of aliphatic imine (C=N–C) groups is 1. The average Bonchev–Trinajstić information content (AvgIpc) is 3.25. The standard InChI is InChI=1S/C30H34N4O4/c1-5-37-25-18-23-24(19-26(25)38-6-2)33-30(36)28(23)29(20-10-8-7-9-11-20)32-21-12-14-22(15-13-21)34(4)27(35)16-17-31-3/h7-15,18-19,28,31H,5-6,16-17H2,1-4H3,(H,33,36). The van der Waals surface area contributed by atoms with E-state index in [1.807, 2.05) is 87.6 Å². The van der Waals surface area contributed by atoms with E-state index in [1.54, 1.807) is 11.9 Å². The fourth-order valence-corrected chi connectivity index (χ4v) is 4.42. The fourth-order valence-electron chi connectivity index (χ4n) is 4.42. The summed E-state index contributed by atoms with van der Waals surface area (Å²) in [5, 5.41) is 6.00. The third-order valence-electron chi connectivity index (χ3n) is 6.34. The number of nitrogens with one attached hydrogen (secondary N) is 2. The first-order valence-corrected chi connectivity index (χ1v) is 12.9. The number of carbonyl (C=O) groups is 2. The summed E-state index contributed by atoms with van der Waals surface area (Å²) in [5.41, 5.74) is 4.40. The highest BCUT2D eigenvalue weighted by molar-refractivity contribution is 6.24. The molecule has 0 spiro atoms. The third kappa shape index (κ3) is 5.86. The highest BCUT2D eigenvalue weighted by atomic mass is 16.5. The molecule has 2 N–H and O–H groups in total. The maximum atomic E-state index is 13.4. The van der Waals surface area contributed by atoms with Gasteiger partial charge < -0.3 is 25.0 Å². The van der Waals surface area contributed by atoms with E-state index in [-0.39, 0.29) is 11.8 Å². The molecular formula is C30H34N4O4. The lowest BCUT2D eigenvalue weighted by atomic mass is 9.90. The molecule has 1 unspecified atom stereocenters. The van der Waals surface area contributed by atoms with Gasteiger partial charge >= 0.3 is 0 Å². The van der Waals surface area contributed by atoms with Crippen LogP contribution < -0.4 is 25.0 Å². The van der Waals surface area contributed by atoms with Crippen molar-refractivity contribution in [1.82, 2.24) is 5.32 Å². The molecule has 0 fully saturated rings. The van der Waals surface area contributed by atoms with E-state index in [9.17, 15) is 9.59 Å². The van der Waals surface area contributed by atoms with Crippen molar-refractivity contribution in [2.45, 2.75) is 26.2 Å². The van der Waals surface area contributed by atoms with Gasteiger partial charge in [0.05, 0.1) is 24.6 Å². The van der Waals surface area contributed by atoms with Gasteiger partial charge in [0, 0.05) is 37.5 Å². The number of hydrogen-bond acceptors (Lipinski definition) is 6. The number of fused-ring (bicyclic) bond motifs is 1. The Balaban J connectivity index is 1.73. The zero-order valence-corrected chi connectivity index (χ0v) is 22.3. The Bertz CT molecular complexity index is 1310. The van der Waals surface area contributed by atoms with Crippen LogP contribution in [0.5, 0.6) is 11.5 Å². The molecule has 3 aromatic carbocycles. The molecule has 38 heavy (non-hydrogen) atoms. The third-order valence-corrected chi connectivity index (χ3v) is 6.34. The second-order valence-corrected chi connectivity index (χ2v) is 8.86. The first-order valence-electron chi connectivity index (χ1n) is 12.9. The second kappa shape index (κ2) is 12.4. The van der Waals surface area contributed by atoms with E-state index >= 15 is 0 Å². The summed E-state index contributed by atoms with van der Waals surface area (Å²) in [7, 11) is 3.58. The Kier molecular flexibility index (Phi) is 8.76. The number of amides is 2. The number of hydrogen-bond donors (Lipinski definition) is 2. The first-order chi connectivity index (χ1) is 18.5. The first kappa shape index (κ1) is 26.9. The minimum absolute atomic E-state index is 0.0244. The molecule has 1 aliphatic heterocycles. The largest absolute Gasteiger partial charge is 0.490 e. The van der Waals surface area contributed by atoms with E-state index in [0.717, 1.165) is 16.8 Å². The quantitative estimate of drug-likeness (QED) is 0.355. The normalized spacial score (nSPS) is 14.6. The van der Waals surface area contributed by atoms with Crippen molar-refractivity contribution in [1.29, 1.82) is 0 Å². The van der Waals surface area contributed by atoms with Crippen LogP contribution in [0, 0.1) is 0 Å². The van der Waals surface area contributed by atoms with Gasteiger partial charge in [0.25, 0.3) is 0 Å². The molecule has 198 valence electrons. The maximum Gasteiger partial charge on any atom is 0.238 e. The van der Waals surface area contributed by atoms with Crippen LogP contribution in [-0.2, 0) is 9.59 Å². The van der Waals surface area contributed by atoms with Gasteiger partial charge in [-0.15, -0.1) is 0 Å². The van der Waals surface area contributed by atoms with Crippen LogP contribution in [0.2, 0.25) is 0 Å². The van der Waals surface area contributed by atoms with Crippen molar-refractivity contribution in [2.24, 2.45) is 4.99 Å². The number of carbonyl (C=O) groups excluding carboxylic acids is 2. The topological polar surface area (TPSA) is 92.3 Å². The molecular weight excluding hydrogens is 480 g/mol. The van der Waals surface area contributed by atoms with Gasteiger partial charge in [-0.2, -0.15) is 0 Å². The van der Waals surface area contributed by atoms with E-state index in [1.165, 1.54) is 0 Å². The van der Waals surface area contributed by atoms with Crippen molar-refractivity contribution < 1.29 is 19.1 Å². The van der Waals surface area contributed by atoms with Crippen LogP contribution >= 0.6 is 0 Å². The van der Waals surface area contributed by atoms with Crippen molar-refractivity contribution in [3.8, 4) is 11.5 Å². The molecule has 1 heterocycles. The molecule has 0 saturated heterocycles. The van der Waals surface area contributed by atoms with E-state index in [4.69, 9.17) is 14.5 Å².